The molecule has 104 valence electrons. The summed E-state index contributed by atoms with van der Waals surface area (Å²) in [6.07, 6.45) is 8.62. The van der Waals surface area contributed by atoms with Crippen molar-refractivity contribution < 1.29 is 0 Å². The van der Waals surface area contributed by atoms with Gasteiger partial charge in [-0.15, -0.1) is 0 Å². The Kier molecular flexibility index (Phi) is 4.02. The van der Waals surface area contributed by atoms with Gasteiger partial charge in [0.1, 0.15) is 5.82 Å². The lowest BCUT2D eigenvalue weighted by Crippen LogP contribution is -2.24. The highest BCUT2D eigenvalue weighted by atomic mass is 15.2. The second-order valence-electron chi connectivity index (χ2n) is 5.84. The maximum atomic E-state index is 4.70. The Balaban J connectivity index is 1.71. The van der Waals surface area contributed by atoms with E-state index in [-0.39, 0.29) is 0 Å². The third kappa shape index (κ3) is 2.76. The average molecular weight is 259 g/mol. The fraction of sp³-hybridized carbons (Fsp3) is 0.688. The molecule has 2 aliphatic rings. The summed E-state index contributed by atoms with van der Waals surface area (Å²) < 4.78 is 0. The molecule has 3 heterocycles. The van der Waals surface area contributed by atoms with E-state index in [1.807, 2.05) is 0 Å². The fourth-order valence-corrected chi connectivity index (χ4v) is 3.49. The quantitative estimate of drug-likeness (QED) is 0.827. The minimum absolute atomic E-state index is 0.611. The van der Waals surface area contributed by atoms with Gasteiger partial charge in [-0.1, -0.05) is 13.0 Å². The molecule has 0 radical (unpaired) electrons. The van der Waals surface area contributed by atoms with Gasteiger partial charge < -0.3 is 4.90 Å². The van der Waals surface area contributed by atoms with Crippen molar-refractivity contribution >= 4 is 5.82 Å². The van der Waals surface area contributed by atoms with Gasteiger partial charge in [0.25, 0.3) is 0 Å². The van der Waals surface area contributed by atoms with Crippen molar-refractivity contribution in [1.29, 1.82) is 0 Å². The lowest BCUT2D eigenvalue weighted by atomic mass is 10.1. The van der Waals surface area contributed by atoms with Gasteiger partial charge in [-0.05, 0) is 56.8 Å². The molecule has 3 nitrogen and oxygen atoms in total. The molecular formula is C16H25N3. The van der Waals surface area contributed by atoms with Crippen LogP contribution in [0.3, 0.4) is 0 Å². The second-order valence-corrected chi connectivity index (χ2v) is 5.84. The minimum atomic E-state index is 0.611. The average Bonchev–Trinajstić information content (AvgIpc) is 3.10. The van der Waals surface area contributed by atoms with Gasteiger partial charge >= 0.3 is 0 Å². The lowest BCUT2D eigenvalue weighted by Gasteiger charge is -2.24. The summed E-state index contributed by atoms with van der Waals surface area (Å²) in [5.74, 6) is 1.17. The van der Waals surface area contributed by atoms with Crippen molar-refractivity contribution in [3.05, 3.63) is 23.9 Å². The van der Waals surface area contributed by atoms with Gasteiger partial charge in [-0.3, -0.25) is 4.90 Å². The van der Waals surface area contributed by atoms with E-state index in [0.29, 0.717) is 6.04 Å². The van der Waals surface area contributed by atoms with Gasteiger partial charge in [0.2, 0.25) is 0 Å². The Bertz CT molecular complexity index is 395. The standard InChI is InChI=1S/C16H25N3/c1-2-9-18-12-5-6-15(18)14-7-8-16(17-13-14)19-10-3-4-11-19/h7-8,13,15H,2-6,9-12H2,1H3/t15-/m0/s1. The van der Waals surface area contributed by atoms with Gasteiger partial charge in [0.05, 0.1) is 0 Å². The highest BCUT2D eigenvalue weighted by Gasteiger charge is 2.25. The van der Waals surface area contributed by atoms with E-state index in [9.17, 15) is 0 Å². The molecule has 2 fully saturated rings. The largest absolute Gasteiger partial charge is 0.357 e. The first-order chi connectivity index (χ1) is 9.38. The van der Waals surface area contributed by atoms with Crippen LogP contribution in [0.2, 0.25) is 0 Å². The summed E-state index contributed by atoms with van der Waals surface area (Å²) in [5.41, 5.74) is 1.41. The van der Waals surface area contributed by atoms with E-state index in [0.717, 1.165) is 0 Å². The third-order valence-corrected chi connectivity index (χ3v) is 4.46. The highest BCUT2D eigenvalue weighted by molar-refractivity contribution is 5.40. The fourth-order valence-electron chi connectivity index (χ4n) is 3.49. The molecule has 0 spiro atoms. The summed E-state index contributed by atoms with van der Waals surface area (Å²) >= 11 is 0. The smallest absolute Gasteiger partial charge is 0.128 e. The van der Waals surface area contributed by atoms with Gasteiger partial charge in [-0.25, -0.2) is 4.98 Å². The zero-order valence-corrected chi connectivity index (χ0v) is 12.0. The second kappa shape index (κ2) is 5.91. The monoisotopic (exact) mass is 259 g/mol. The van der Waals surface area contributed by atoms with Crippen LogP contribution < -0.4 is 4.90 Å². The zero-order chi connectivity index (χ0) is 13.1. The van der Waals surface area contributed by atoms with Gasteiger partial charge in [-0.2, -0.15) is 0 Å². The molecule has 3 rings (SSSR count). The molecule has 2 saturated heterocycles. The van der Waals surface area contributed by atoms with Gasteiger partial charge in [0.15, 0.2) is 0 Å². The molecule has 0 saturated carbocycles. The molecule has 0 unspecified atom stereocenters. The highest BCUT2D eigenvalue weighted by Crippen LogP contribution is 2.32. The normalized spacial score (nSPS) is 24.3. The van der Waals surface area contributed by atoms with Crippen molar-refractivity contribution in [2.24, 2.45) is 0 Å². The summed E-state index contributed by atoms with van der Waals surface area (Å²) in [6.45, 7) is 7.10. The molecule has 1 aromatic heterocycles. The first kappa shape index (κ1) is 12.9. The number of hydrogen-bond acceptors (Lipinski definition) is 3. The van der Waals surface area contributed by atoms with E-state index in [4.69, 9.17) is 4.98 Å². The van der Waals surface area contributed by atoms with Crippen LogP contribution in [0.5, 0.6) is 0 Å². The molecular weight excluding hydrogens is 234 g/mol. The van der Waals surface area contributed by atoms with Crippen molar-refractivity contribution in [2.45, 2.75) is 45.1 Å². The number of nitrogens with zero attached hydrogens (tertiary/aromatic N) is 3. The van der Waals surface area contributed by atoms with Crippen LogP contribution in [0.25, 0.3) is 0 Å². The summed E-state index contributed by atoms with van der Waals surface area (Å²) in [5, 5.41) is 0. The minimum Gasteiger partial charge on any atom is -0.357 e. The number of rotatable bonds is 4. The van der Waals surface area contributed by atoms with Crippen LogP contribution in [-0.4, -0.2) is 36.1 Å². The topological polar surface area (TPSA) is 19.4 Å². The molecule has 0 N–H and O–H groups in total. The van der Waals surface area contributed by atoms with Crippen LogP contribution in [-0.2, 0) is 0 Å². The summed E-state index contributed by atoms with van der Waals surface area (Å²) in [4.78, 5) is 9.72. The van der Waals surface area contributed by atoms with Crippen molar-refractivity contribution in [3.63, 3.8) is 0 Å². The van der Waals surface area contributed by atoms with Crippen LogP contribution >= 0.6 is 0 Å². The van der Waals surface area contributed by atoms with Crippen LogP contribution in [0.4, 0.5) is 5.82 Å². The molecule has 1 atom stereocenters. The first-order valence-corrected chi connectivity index (χ1v) is 7.83. The van der Waals surface area contributed by atoms with Crippen LogP contribution in [0.15, 0.2) is 18.3 Å². The van der Waals surface area contributed by atoms with Gasteiger partial charge in [0, 0.05) is 25.3 Å². The van der Waals surface area contributed by atoms with E-state index in [1.165, 1.54) is 69.7 Å². The zero-order valence-electron chi connectivity index (χ0n) is 12.0. The molecule has 1 aromatic rings. The van der Waals surface area contributed by atoms with E-state index >= 15 is 0 Å². The Morgan fingerprint density at radius 1 is 1.16 bits per heavy atom. The number of anilines is 1. The lowest BCUT2D eigenvalue weighted by molar-refractivity contribution is 0.257. The maximum Gasteiger partial charge on any atom is 0.128 e. The Morgan fingerprint density at radius 2 is 2.00 bits per heavy atom. The number of hydrogen-bond donors (Lipinski definition) is 0. The third-order valence-electron chi connectivity index (χ3n) is 4.46. The van der Waals surface area contributed by atoms with Crippen LogP contribution in [0, 0.1) is 0 Å². The molecule has 2 aliphatic heterocycles. The van der Waals surface area contributed by atoms with Crippen molar-refractivity contribution in [1.82, 2.24) is 9.88 Å². The Morgan fingerprint density at radius 3 is 2.68 bits per heavy atom. The van der Waals surface area contributed by atoms with E-state index in [1.54, 1.807) is 0 Å². The SMILES string of the molecule is CCCN1CCC[C@H]1c1ccc(N2CCCC2)nc1. The molecule has 3 heteroatoms. The number of likely N-dealkylation sites (tertiary alicyclic amines) is 1. The van der Waals surface area contributed by atoms with E-state index < -0.39 is 0 Å². The number of aromatic nitrogens is 1. The van der Waals surface area contributed by atoms with Crippen LogP contribution in [0.1, 0.15) is 50.6 Å². The van der Waals surface area contributed by atoms with E-state index in [2.05, 4.69) is 35.1 Å². The molecule has 0 aliphatic carbocycles. The molecule has 0 aromatic carbocycles. The summed E-state index contributed by atoms with van der Waals surface area (Å²) in [7, 11) is 0. The van der Waals surface area contributed by atoms with Crippen molar-refractivity contribution in [3.8, 4) is 0 Å². The van der Waals surface area contributed by atoms with Crippen molar-refractivity contribution in [2.75, 3.05) is 31.1 Å². The Hall–Kier alpha value is -1.09. The predicted molar refractivity (Wildman–Crippen MR) is 79.5 cm³/mol. The first-order valence-electron chi connectivity index (χ1n) is 7.83. The maximum absolute atomic E-state index is 4.70. The molecule has 0 bridgehead atoms. The molecule has 0 amide bonds. The molecule has 19 heavy (non-hydrogen) atoms. The Labute approximate surface area is 116 Å². The number of pyridine rings is 1. The summed E-state index contributed by atoms with van der Waals surface area (Å²) in [6, 6.07) is 5.14. The predicted octanol–water partition coefficient (Wildman–Crippen LogP) is 3.23.